The second kappa shape index (κ2) is 13.1. The first kappa shape index (κ1) is 28.1. The van der Waals surface area contributed by atoms with Crippen molar-refractivity contribution in [2.45, 2.75) is 33.3 Å². The number of esters is 2. The topological polar surface area (TPSA) is 89.5 Å². The van der Waals surface area contributed by atoms with E-state index in [0.29, 0.717) is 48.0 Å². The molecular weight excluding hydrogens is 476 g/mol. The predicted octanol–water partition coefficient (Wildman–Crippen LogP) is 4.94. The summed E-state index contributed by atoms with van der Waals surface area (Å²) in [5.74, 6) is 0.799. The zero-order chi connectivity index (χ0) is 26.9. The second-order valence-corrected chi connectivity index (χ2v) is 8.83. The van der Waals surface area contributed by atoms with Crippen LogP contribution in [0.1, 0.15) is 48.4 Å². The lowest BCUT2D eigenvalue weighted by atomic mass is 9.84. The van der Waals surface area contributed by atoms with Crippen molar-refractivity contribution in [2.24, 2.45) is 11.8 Å². The van der Waals surface area contributed by atoms with Gasteiger partial charge in [0.1, 0.15) is 0 Å². The van der Waals surface area contributed by atoms with E-state index in [2.05, 4.69) is 0 Å². The van der Waals surface area contributed by atoms with Crippen molar-refractivity contribution in [1.82, 2.24) is 0 Å². The molecular formula is C29H36O8. The van der Waals surface area contributed by atoms with Gasteiger partial charge in [0.2, 0.25) is 5.75 Å². The maximum absolute atomic E-state index is 12.4. The quantitative estimate of drug-likeness (QED) is 0.309. The van der Waals surface area contributed by atoms with Crippen LogP contribution < -0.4 is 14.2 Å². The fraction of sp³-hybridized carbons (Fsp3) is 0.448. The standard InChI is InChI=1S/C29H36O8/c1-7-18(3)28(30)37-17-23-22(13-19-9-11-20(12-10-19)29(31)35-8-2)16-36-26(23)21-14-24(32-4)27(34-6)25(15-21)33-5/h7,9-12,14-15,22-23,26H,8,13,16-17H2,1-6H3/b18-7-. The van der Waals surface area contributed by atoms with E-state index in [1.165, 1.54) is 0 Å². The van der Waals surface area contributed by atoms with Crippen molar-refractivity contribution < 1.29 is 38.0 Å². The smallest absolute Gasteiger partial charge is 0.338 e. The van der Waals surface area contributed by atoms with Crippen LogP contribution in [0.25, 0.3) is 0 Å². The Labute approximate surface area is 218 Å². The molecule has 200 valence electrons. The number of benzene rings is 2. The molecule has 1 heterocycles. The number of allylic oxidation sites excluding steroid dienone is 1. The molecule has 0 N–H and O–H groups in total. The molecule has 0 bridgehead atoms. The molecule has 1 aliphatic heterocycles. The van der Waals surface area contributed by atoms with E-state index >= 15 is 0 Å². The first-order valence-electron chi connectivity index (χ1n) is 12.3. The summed E-state index contributed by atoms with van der Waals surface area (Å²) in [6.07, 6.45) is 2.07. The monoisotopic (exact) mass is 512 g/mol. The van der Waals surface area contributed by atoms with Crippen molar-refractivity contribution in [3.63, 3.8) is 0 Å². The molecule has 8 heteroatoms. The van der Waals surface area contributed by atoms with Gasteiger partial charge >= 0.3 is 11.9 Å². The summed E-state index contributed by atoms with van der Waals surface area (Å²) in [4.78, 5) is 24.5. The van der Waals surface area contributed by atoms with Crippen LogP contribution in [-0.2, 0) is 25.4 Å². The number of methoxy groups -OCH3 is 3. The highest BCUT2D eigenvalue weighted by Crippen LogP contribution is 2.46. The molecule has 0 radical (unpaired) electrons. The third-order valence-corrected chi connectivity index (χ3v) is 6.62. The van der Waals surface area contributed by atoms with Crippen LogP contribution in [0.2, 0.25) is 0 Å². The molecule has 1 saturated heterocycles. The number of ether oxygens (including phenoxy) is 6. The first-order valence-corrected chi connectivity index (χ1v) is 12.3. The molecule has 0 spiro atoms. The lowest BCUT2D eigenvalue weighted by molar-refractivity contribution is -0.141. The minimum Gasteiger partial charge on any atom is -0.493 e. The minimum absolute atomic E-state index is 0.0660. The van der Waals surface area contributed by atoms with Gasteiger partial charge in [0, 0.05) is 11.5 Å². The predicted molar refractivity (Wildman–Crippen MR) is 138 cm³/mol. The van der Waals surface area contributed by atoms with Crippen LogP contribution in [0.15, 0.2) is 48.0 Å². The van der Waals surface area contributed by atoms with E-state index in [1.54, 1.807) is 60.3 Å². The van der Waals surface area contributed by atoms with Gasteiger partial charge in [0.05, 0.1) is 52.8 Å². The van der Waals surface area contributed by atoms with Gasteiger partial charge < -0.3 is 28.4 Å². The Kier molecular flexibility index (Phi) is 9.97. The van der Waals surface area contributed by atoms with Crippen molar-refractivity contribution in [2.75, 3.05) is 41.2 Å². The highest BCUT2D eigenvalue weighted by Gasteiger charge is 2.40. The Morgan fingerprint density at radius 1 is 1.00 bits per heavy atom. The van der Waals surface area contributed by atoms with Crippen LogP contribution in [0.5, 0.6) is 17.2 Å². The number of rotatable bonds is 11. The van der Waals surface area contributed by atoms with E-state index in [1.807, 2.05) is 24.3 Å². The van der Waals surface area contributed by atoms with Crippen molar-refractivity contribution >= 4 is 11.9 Å². The highest BCUT2D eigenvalue weighted by molar-refractivity contribution is 5.89. The number of hydrogen-bond donors (Lipinski definition) is 0. The molecule has 1 aliphatic rings. The van der Waals surface area contributed by atoms with E-state index in [4.69, 9.17) is 28.4 Å². The summed E-state index contributed by atoms with van der Waals surface area (Å²) < 4.78 is 33.6. The Morgan fingerprint density at radius 3 is 2.19 bits per heavy atom. The van der Waals surface area contributed by atoms with Crippen LogP contribution in [0, 0.1) is 11.8 Å². The van der Waals surface area contributed by atoms with Gasteiger partial charge in [-0.25, -0.2) is 9.59 Å². The maximum Gasteiger partial charge on any atom is 0.338 e. The summed E-state index contributed by atoms with van der Waals surface area (Å²) in [7, 11) is 4.69. The van der Waals surface area contributed by atoms with Crippen LogP contribution >= 0.6 is 0 Å². The molecule has 0 amide bonds. The summed E-state index contributed by atoms with van der Waals surface area (Å²) >= 11 is 0. The van der Waals surface area contributed by atoms with Crippen LogP contribution in [0.3, 0.4) is 0 Å². The lowest BCUT2D eigenvalue weighted by Crippen LogP contribution is -2.24. The Morgan fingerprint density at radius 2 is 1.65 bits per heavy atom. The highest BCUT2D eigenvalue weighted by atomic mass is 16.5. The van der Waals surface area contributed by atoms with E-state index in [9.17, 15) is 9.59 Å². The third kappa shape index (κ3) is 6.63. The van der Waals surface area contributed by atoms with Gasteiger partial charge in [-0.15, -0.1) is 0 Å². The fourth-order valence-electron chi connectivity index (χ4n) is 4.46. The molecule has 37 heavy (non-hydrogen) atoms. The molecule has 3 atom stereocenters. The molecule has 2 aromatic carbocycles. The van der Waals surface area contributed by atoms with Crippen molar-refractivity contribution in [1.29, 1.82) is 0 Å². The Hall–Kier alpha value is -3.52. The normalized spacial score (nSPS) is 19.3. The number of hydrogen-bond acceptors (Lipinski definition) is 8. The number of carbonyl (C=O) groups excluding carboxylic acids is 2. The molecule has 0 aromatic heterocycles. The van der Waals surface area contributed by atoms with Gasteiger partial charge in [-0.2, -0.15) is 0 Å². The molecule has 8 nitrogen and oxygen atoms in total. The van der Waals surface area contributed by atoms with E-state index in [0.717, 1.165) is 11.1 Å². The van der Waals surface area contributed by atoms with E-state index in [-0.39, 0.29) is 36.5 Å². The van der Waals surface area contributed by atoms with Gasteiger partial charge in [-0.3, -0.25) is 0 Å². The third-order valence-electron chi connectivity index (χ3n) is 6.62. The average molecular weight is 513 g/mol. The van der Waals surface area contributed by atoms with E-state index < -0.39 is 0 Å². The van der Waals surface area contributed by atoms with Gasteiger partial charge in [0.15, 0.2) is 11.5 Å². The zero-order valence-electron chi connectivity index (χ0n) is 22.4. The fourth-order valence-corrected chi connectivity index (χ4v) is 4.46. The Bertz CT molecular complexity index is 1080. The molecule has 2 aromatic rings. The summed E-state index contributed by atoms with van der Waals surface area (Å²) in [5, 5.41) is 0. The second-order valence-electron chi connectivity index (χ2n) is 8.83. The minimum atomic E-state index is -0.351. The number of carbonyl (C=O) groups is 2. The summed E-state index contributed by atoms with van der Waals surface area (Å²) in [6.45, 7) is 6.31. The lowest BCUT2D eigenvalue weighted by Gasteiger charge is -2.24. The zero-order valence-corrected chi connectivity index (χ0v) is 22.4. The molecule has 1 fully saturated rings. The van der Waals surface area contributed by atoms with Crippen LogP contribution in [0.4, 0.5) is 0 Å². The average Bonchev–Trinajstić information content (AvgIpc) is 3.32. The van der Waals surface area contributed by atoms with Gasteiger partial charge in [0.25, 0.3) is 0 Å². The van der Waals surface area contributed by atoms with Gasteiger partial charge in [-0.1, -0.05) is 18.2 Å². The van der Waals surface area contributed by atoms with Crippen molar-refractivity contribution in [3.8, 4) is 17.2 Å². The van der Waals surface area contributed by atoms with Gasteiger partial charge in [-0.05, 0) is 68.5 Å². The van der Waals surface area contributed by atoms with Crippen molar-refractivity contribution in [3.05, 3.63) is 64.7 Å². The molecule has 0 saturated carbocycles. The largest absolute Gasteiger partial charge is 0.493 e. The van der Waals surface area contributed by atoms with Crippen LogP contribution in [-0.4, -0.2) is 53.1 Å². The molecule has 3 unspecified atom stereocenters. The first-order chi connectivity index (χ1) is 17.9. The Balaban J connectivity index is 1.88. The molecule has 0 aliphatic carbocycles. The SMILES string of the molecule is C/C=C(/C)C(=O)OCC1C(Cc2ccc(C(=O)OCC)cc2)COC1c1cc(OC)c(OC)c(OC)c1. The maximum atomic E-state index is 12.4. The summed E-state index contributed by atoms with van der Waals surface area (Å²) in [5.41, 5.74) is 2.96. The summed E-state index contributed by atoms with van der Waals surface area (Å²) in [6, 6.07) is 11.1. The molecule has 3 rings (SSSR count).